The van der Waals surface area contributed by atoms with Crippen LogP contribution in [-0.2, 0) is 11.8 Å². The molecule has 3 aliphatic carbocycles. The number of benzene rings is 3. The molecule has 0 fully saturated rings. The van der Waals surface area contributed by atoms with E-state index in [0.29, 0.717) is 0 Å². The Morgan fingerprint density at radius 1 is 0.818 bits per heavy atom. The highest BCUT2D eigenvalue weighted by Crippen LogP contribution is 2.53. The monoisotopic (exact) mass is 574 g/mol. The molecule has 0 saturated carbocycles. The second-order valence-corrected chi connectivity index (χ2v) is 13.7. The van der Waals surface area contributed by atoms with Crippen LogP contribution >= 0.6 is 0 Å². The maximum Gasteiger partial charge on any atom is 0.136 e. The van der Waals surface area contributed by atoms with Gasteiger partial charge >= 0.3 is 0 Å². The first-order chi connectivity index (χ1) is 21.5. The van der Waals surface area contributed by atoms with Crippen LogP contribution in [0.25, 0.3) is 50.1 Å². The zero-order chi connectivity index (χ0) is 29.2. The summed E-state index contributed by atoms with van der Waals surface area (Å²) < 4.78 is 12.7. The van der Waals surface area contributed by atoms with Gasteiger partial charge in [0.2, 0.25) is 0 Å². The Kier molecular flexibility index (Phi) is 4.94. The van der Waals surface area contributed by atoms with Crippen molar-refractivity contribution in [1.82, 2.24) is 4.90 Å². The summed E-state index contributed by atoms with van der Waals surface area (Å²) in [6, 6.07) is 18.5. The van der Waals surface area contributed by atoms with Gasteiger partial charge in [-0.15, -0.1) is 0 Å². The van der Waals surface area contributed by atoms with Gasteiger partial charge in [0.1, 0.15) is 28.3 Å². The minimum atomic E-state index is -0.0457. The summed E-state index contributed by atoms with van der Waals surface area (Å²) in [5.74, 6) is 2.34. The molecule has 44 heavy (non-hydrogen) atoms. The molecule has 0 N–H and O–H groups in total. The molecule has 0 spiro atoms. The lowest BCUT2D eigenvalue weighted by atomic mass is 9.77. The van der Waals surface area contributed by atoms with E-state index in [1.54, 1.807) is 0 Å². The standard InChI is InChI=1S/C40H34N2O2/c1-40(2)32-18-24(10-13-26(32)27-14-11-25(19-33(27)40)34-22-42-16-6-5-9-39(42)41-34)23-12-15-36-29(17-23)31-21-37-30(20-38(31)44-36)28-7-3-4-8-35(28)43-37/h3,6-7,11-12,14-21,34H,4-5,8-10,13,22H2,1-2H3. The van der Waals surface area contributed by atoms with Crippen molar-refractivity contribution < 1.29 is 8.83 Å². The molecule has 0 bridgehead atoms. The van der Waals surface area contributed by atoms with E-state index in [1.807, 2.05) is 0 Å². The first kappa shape index (κ1) is 24.8. The van der Waals surface area contributed by atoms with Gasteiger partial charge in [0, 0.05) is 46.2 Å². The van der Waals surface area contributed by atoms with Gasteiger partial charge in [-0.2, -0.15) is 0 Å². The molecule has 2 aliphatic heterocycles. The molecule has 1 unspecified atom stereocenters. The third-order valence-electron chi connectivity index (χ3n) is 10.8. The zero-order valence-electron chi connectivity index (χ0n) is 25.2. The van der Waals surface area contributed by atoms with Crippen LogP contribution in [0.4, 0.5) is 0 Å². The average Bonchev–Trinajstić information content (AvgIpc) is 3.79. The number of hydrogen-bond acceptors (Lipinski definition) is 4. The Hall–Kier alpha value is -4.57. The van der Waals surface area contributed by atoms with E-state index in [4.69, 9.17) is 13.8 Å². The van der Waals surface area contributed by atoms with Crippen LogP contribution < -0.4 is 0 Å². The largest absolute Gasteiger partial charge is 0.460 e. The molecule has 3 aromatic carbocycles. The van der Waals surface area contributed by atoms with Crippen LogP contribution in [0.3, 0.4) is 0 Å². The molecule has 5 aromatic rings. The van der Waals surface area contributed by atoms with Crippen molar-refractivity contribution >= 4 is 56.0 Å². The molecule has 10 rings (SSSR count). The number of fused-ring (bicyclic) bond motifs is 9. The molecule has 0 saturated heterocycles. The maximum absolute atomic E-state index is 6.38. The van der Waals surface area contributed by atoms with E-state index in [0.717, 1.165) is 83.7 Å². The fraction of sp³-hybridized carbons (Fsp3) is 0.275. The van der Waals surface area contributed by atoms with Gasteiger partial charge in [-0.1, -0.05) is 62.4 Å². The van der Waals surface area contributed by atoms with Crippen LogP contribution in [-0.4, -0.2) is 17.3 Å². The molecule has 4 heteroatoms. The predicted octanol–water partition coefficient (Wildman–Crippen LogP) is 10.3. The van der Waals surface area contributed by atoms with E-state index in [9.17, 15) is 0 Å². The Labute approximate surface area is 256 Å². The van der Waals surface area contributed by atoms with E-state index in [1.165, 1.54) is 50.4 Å². The number of rotatable bonds is 2. The molecule has 5 aliphatic rings. The van der Waals surface area contributed by atoms with Crippen LogP contribution in [0.5, 0.6) is 0 Å². The number of furan rings is 2. The van der Waals surface area contributed by atoms with Gasteiger partial charge in [-0.3, -0.25) is 4.99 Å². The molecule has 0 amide bonds. The second kappa shape index (κ2) is 8.75. The second-order valence-electron chi connectivity index (χ2n) is 13.7. The van der Waals surface area contributed by atoms with Crippen LogP contribution in [0, 0.1) is 0 Å². The quantitative estimate of drug-likeness (QED) is 0.211. The molecular formula is C40H34N2O2. The van der Waals surface area contributed by atoms with Crippen LogP contribution in [0.15, 0.2) is 92.4 Å². The van der Waals surface area contributed by atoms with Crippen molar-refractivity contribution in [2.75, 3.05) is 6.54 Å². The maximum atomic E-state index is 6.38. The minimum absolute atomic E-state index is 0.0457. The van der Waals surface area contributed by atoms with Gasteiger partial charge in [0.25, 0.3) is 0 Å². The molecule has 216 valence electrons. The van der Waals surface area contributed by atoms with Crippen molar-refractivity contribution in [3.8, 4) is 0 Å². The number of amidine groups is 1. The summed E-state index contributed by atoms with van der Waals surface area (Å²) in [4.78, 5) is 7.46. The molecule has 2 aromatic heterocycles. The van der Waals surface area contributed by atoms with Crippen molar-refractivity contribution in [3.05, 3.63) is 112 Å². The highest BCUT2D eigenvalue weighted by Gasteiger charge is 2.39. The lowest BCUT2D eigenvalue weighted by Crippen LogP contribution is -2.24. The Morgan fingerprint density at radius 3 is 2.61 bits per heavy atom. The Balaban J connectivity index is 1.02. The number of hydrogen-bond donors (Lipinski definition) is 0. The minimum Gasteiger partial charge on any atom is -0.460 e. The van der Waals surface area contributed by atoms with Gasteiger partial charge in [0.05, 0.1) is 12.6 Å². The van der Waals surface area contributed by atoms with Crippen molar-refractivity contribution in [1.29, 1.82) is 0 Å². The average molecular weight is 575 g/mol. The van der Waals surface area contributed by atoms with E-state index < -0.39 is 0 Å². The topological polar surface area (TPSA) is 41.9 Å². The number of aliphatic imine (C=N–C) groups is 1. The van der Waals surface area contributed by atoms with Gasteiger partial charge in [-0.25, -0.2) is 0 Å². The smallest absolute Gasteiger partial charge is 0.136 e. The number of allylic oxidation sites excluding steroid dienone is 6. The lowest BCUT2D eigenvalue weighted by Gasteiger charge is -2.26. The predicted molar refractivity (Wildman–Crippen MR) is 180 cm³/mol. The van der Waals surface area contributed by atoms with Crippen molar-refractivity contribution in [3.63, 3.8) is 0 Å². The SMILES string of the molecule is CC1(C)C2=C(CCC(c3ccc4oc5cc6c7c(oc6cc5c4c3)CCC=C7)=C2)c2ccc(C3CN4C=CCCC4=N3)cc21. The van der Waals surface area contributed by atoms with Gasteiger partial charge in [0.15, 0.2) is 0 Å². The molecule has 4 nitrogen and oxygen atoms in total. The fourth-order valence-electron chi connectivity index (χ4n) is 8.44. The summed E-state index contributed by atoms with van der Waals surface area (Å²) >= 11 is 0. The molecule has 1 atom stereocenters. The summed E-state index contributed by atoms with van der Waals surface area (Å²) in [6.45, 7) is 5.76. The van der Waals surface area contributed by atoms with Crippen LogP contribution in [0.2, 0.25) is 0 Å². The Morgan fingerprint density at radius 2 is 1.68 bits per heavy atom. The van der Waals surface area contributed by atoms with Crippen LogP contribution in [0.1, 0.15) is 85.6 Å². The normalized spacial score (nSPS) is 21.6. The van der Waals surface area contributed by atoms with Gasteiger partial charge < -0.3 is 13.7 Å². The first-order valence-corrected chi connectivity index (χ1v) is 16.2. The summed E-state index contributed by atoms with van der Waals surface area (Å²) in [5.41, 5.74) is 13.9. The highest BCUT2D eigenvalue weighted by molar-refractivity contribution is 6.11. The van der Waals surface area contributed by atoms with E-state index in [2.05, 4.69) is 97.8 Å². The summed E-state index contributed by atoms with van der Waals surface area (Å²) in [5, 5.41) is 3.44. The first-order valence-electron chi connectivity index (χ1n) is 16.2. The highest BCUT2D eigenvalue weighted by atomic mass is 16.3. The zero-order valence-corrected chi connectivity index (χ0v) is 25.2. The lowest BCUT2D eigenvalue weighted by molar-refractivity contribution is 0.532. The van der Waals surface area contributed by atoms with Crippen molar-refractivity contribution in [2.45, 2.75) is 63.8 Å². The Bertz CT molecular complexity index is 2250. The molecule has 0 radical (unpaired) electrons. The third-order valence-corrected chi connectivity index (χ3v) is 10.8. The summed E-state index contributed by atoms with van der Waals surface area (Å²) in [6.07, 6.45) is 17.7. The van der Waals surface area contributed by atoms with E-state index in [-0.39, 0.29) is 11.5 Å². The third kappa shape index (κ3) is 3.43. The van der Waals surface area contributed by atoms with E-state index >= 15 is 0 Å². The van der Waals surface area contributed by atoms with Crippen molar-refractivity contribution in [2.24, 2.45) is 4.99 Å². The number of nitrogens with zero attached hydrogens (tertiary/aromatic N) is 2. The number of aryl methyl sites for hydroxylation is 1. The molecular weight excluding hydrogens is 540 g/mol. The summed E-state index contributed by atoms with van der Waals surface area (Å²) in [7, 11) is 0. The van der Waals surface area contributed by atoms with Gasteiger partial charge in [-0.05, 0) is 88.9 Å². The molecule has 4 heterocycles. The fourth-order valence-corrected chi connectivity index (χ4v) is 8.44.